The molecule has 6 rings (SSSR count). The highest BCUT2D eigenvalue weighted by molar-refractivity contribution is 5.70. The number of carbonyl (C=O) groups is 2. The second-order valence-electron chi connectivity index (χ2n) is 18.9. The second-order valence-corrected chi connectivity index (χ2v) is 18.9. The van der Waals surface area contributed by atoms with Gasteiger partial charge in [0.05, 0.1) is 59.8 Å². The number of hydrogen-bond acceptors (Lipinski definition) is 11. The lowest BCUT2D eigenvalue weighted by molar-refractivity contribution is -0.336. The van der Waals surface area contributed by atoms with Crippen LogP contribution in [0.3, 0.4) is 0 Å². The number of aliphatic hydroxyl groups is 2. The topological polar surface area (TPSA) is 171 Å². The Hall–Kier alpha value is -2.36. The summed E-state index contributed by atoms with van der Waals surface area (Å²) in [5.41, 5.74) is -0.121. The molecule has 5 saturated heterocycles. The Morgan fingerprint density at radius 2 is 1.72 bits per heavy atom. The fraction of sp³-hybridized carbons (Fsp3) is 0.822. The Kier molecular flexibility index (Phi) is 14.0. The van der Waals surface area contributed by atoms with E-state index in [0.717, 1.165) is 31.2 Å². The number of nitrogens with one attached hydrogen (secondary N) is 1. The molecule has 5 heterocycles. The van der Waals surface area contributed by atoms with Gasteiger partial charge >= 0.3 is 12.1 Å². The first-order chi connectivity index (χ1) is 27.4. The number of rotatable bonds is 14. The largest absolute Gasteiger partial charge is 0.481 e. The second kappa shape index (κ2) is 17.9. The van der Waals surface area contributed by atoms with E-state index in [1.54, 1.807) is 6.92 Å². The van der Waals surface area contributed by atoms with Crippen molar-refractivity contribution < 1.29 is 58.1 Å². The molecule has 5 aliphatic heterocycles. The van der Waals surface area contributed by atoms with Crippen molar-refractivity contribution in [2.75, 3.05) is 20.3 Å². The van der Waals surface area contributed by atoms with E-state index >= 15 is 0 Å². The number of aliphatic hydroxyl groups excluding tert-OH is 1. The van der Waals surface area contributed by atoms with Crippen LogP contribution in [-0.4, -0.2) is 113 Å². The molecule has 0 bridgehead atoms. The maximum atomic E-state index is 12.6. The molecule has 5 fully saturated rings. The highest BCUT2D eigenvalue weighted by Crippen LogP contribution is 2.55. The molecular weight excluding hydrogens is 746 g/mol. The first-order valence-corrected chi connectivity index (χ1v) is 21.9. The number of hydrogen-bond donors (Lipinski definition) is 4. The van der Waals surface area contributed by atoms with Gasteiger partial charge in [0, 0.05) is 44.2 Å². The van der Waals surface area contributed by atoms with E-state index in [-0.39, 0.29) is 54.5 Å². The van der Waals surface area contributed by atoms with Gasteiger partial charge in [0.1, 0.15) is 6.61 Å². The first-order valence-electron chi connectivity index (χ1n) is 21.9. The molecule has 328 valence electrons. The molecule has 17 unspecified atom stereocenters. The van der Waals surface area contributed by atoms with Crippen LogP contribution in [-0.2, 0) is 44.4 Å². The van der Waals surface area contributed by atoms with Crippen molar-refractivity contribution in [2.24, 2.45) is 35.5 Å². The molecule has 1 spiro atoms. The lowest BCUT2D eigenvalue weighted by Crippen LogP contribution is -2.57. The Bertz CT molecular complexity index is 1550. The Labute approximate surface area is 345 Å². The van der Waals surface area contributed by atoms with Crippen molar-refractivity contribution >= 4 is 12.1 Å². The number of methoxy groups -OCH3 is 1. The monoisotopic (exact) mass is 817 g/mol. The lowest BCUT2D eigenvalue weighted by atomic mass is 9.78. The Morgan fingerprint density at radius 3 is 2.40 bits per heavy atom. The molecule has 1 aromatic rings. The van der Waals surface area contributed by atoms with Crippen molar-refractivity contribution in [2.45, 2.75) is 179 Å². The van der Waals surface area contributed by atoms with Crippen LogP contribution in [0.15, 0.2) is 30.3 Å². The minimum absolute atomic E-state index is 0.106. The van der Waals surface area contributed by atoms with Crippen molar-refractivity contribution in [1.82, 2.24) is 5.32 Å². The maximum Gasteiger partial charge on any atom is 0.407 e. The van der Waals surface area contributed by atoms with E-state index in [9.17, 15) is 24.9 Å². The zero-order valence-corrected chi connectivity index (χ0v) is 36.2. The van der Waals surface area contributed by atoms with Gasteiger partial charge in [-0.1, -0.05) is 71.9 Å². The van der Waals surface area contributed by atoms with Crippen molar-refractivity contribution in [1.29, 1.82) is 0 Å². The van der Waals surface area contributed by atoms with Crippen LogP contribution in [0.5, 0.6) is 0 Å². The summed E-state index contributed by atoms with van der Waals surface area (Å²) >= 11 is 0. The fourth-order valence-electron chi connectivity index (χ4n) is 11.1. The predicted molar refractivity (Wildman–Crippen MR) is 215 cm³/mol. The molecule has 5 aliphatic rings. The first kappa shape index (κ1) is 45.2. The van der Waals surface area contributed by atoms with E-state index in [2.05, 4.69) is 33.0 Å². The summed E-state index contributed by atoms with van der Waals surface area (Å²) in [7, 11) is 1.52. The van der Waals surface area contributed by atoms with Crippen molar-refractivity contribution in [3.8, 4) is 0 Å². The van der Waals surface area contributed by atoms with Gasteiger partial charge in [-0.25, -0.2) is 4.79 Å². The molecular formula is C45H71NO12. The summed E-state index contributed by atoms with van der Waals surface area (Å²) in [6.07, 6.45) is 2.52. The molecule has 13 nitrogen and oxygen atoms in total. The molecule has 0 aliphatic carbocycles. The third kappa shape index (κ3) is 9.12. The highest BCUT2D eigenvalue weighted by atomic mass is 16.7. The van der Waals surface area contributed by atoms with Crippen molar-refractivity contribution in [3.63, 3.8) is 0 Å². The predicted octanol–water partition coefficient (Wildman–Crippen LogP) is 6.25. The molecule has 13 heteroatoms. The molecule has 1 aromatic carbocycles. The van der Waals surface area contributed by atoms with E-state index in [4.69, 9.17) is 33.2 Å². The van der Waals surface area contributed by atoms with Gasteiger partial charge in [0.15, 0.2) is 5.79 Å². The smallest absolute Gasteiger partial charge is 0.407 e. The number of benzene rings is 1. The molecule has 17 atom stereocenters. The quantitative estimate of drug-likeness (QED) is 0.167. The van der Waals surface area contributed by atoms with Gasteiger partial charge in [-0.2, -0.15) is 0 Å². The summed E-state index contributed by atoms with van der Waals surface area (Å²) in [6, 6.07) is 9.89. The summed E-state index contributed by atoms with van der Waals surface area (Å²) in [5, 5.41) is 35.7. The van der Waals surface area contributed by atoms with E-state index in [1.807, 2.05) is 51.1 Å². The summed E-state index contributed by atoms with van der Waals surface area (Å²) in [5.74, 6) is -4.91. The van der Waals surface area contributed by atoms with E-state index in [1.165, 1.54) is 7.11 Å². The average molecular weight is 818 g/mol. The number of alkyl carbamates (subject to hydrolysis) is 1. The Morgan fingerprint density at radius 1 is 1.00 bits per heavy atom. The Balaban J connectivity index is 1.08. The summed E-state index contributed by atoms with van der Waals surface area (Å²) < 4.78 is 45.6. The van der Waals surface area contributed by atoms with Crippen LogP contribution in [0.2, 0.25) is 0 Å². The number of carboxylic acid groups (broad SMARTS) is 1. The van der Waals surface area contributed by atoms with Gasteiger partial charge in [-0.05, 0) is 76.2 Å². The third-order valence-corrected chi connectivity index (χ3v) is 14.8. The van der Waals surface area contributed by atoms with Gasteiger partial charge in [0.25, 0.3) is 0 Å². The van der Waals surface area contributed by atoms with E-state index in [0.29, 0.717) is 38.6 Å². The maximum absolute atomic E-state index is 12.6. The SMILES string of the molecule is CCC1(C2OC(C3OC(O)(COC(=O)NCCc4ccccc4)C(C)CC3C)CC2C)CCC(C2(C)CCC3(CC(O)C(C)C(C(C)C(OC)C(C)C(=O)O)O3)O2)O1. The number of aliphatic carboxylic acids is 1. The number of carboxylic acids is 1. The number of amides is 1. The average Bonchev–Trinajstić information content (AvgIpc) is 3.91. The van der Waals surface area contributed by atoms with Crippen LogP contribution < -0.4 is 5.32 Å². The molecule has 0 radical (unpaired) electrons. The van der Waals surface area contributed by atoms with Gasteiger partial charge in [0.2, 0.25) is 5.79 Å². The van der Waals surface area contributed by atoms with Gasteiger partial charge < -0.3 is 53.8 Å². The van der Waals surface area contributed by atoms with Crippen LogP contribution >= 0.6 is 0 Å². The van der Waals surface area contributed by atoms with Gasteiger partial charge in [-0.15, -0.1) is 0 Å². The minimum Gasteiger partial charge on any atom is -0.481 e. The van der Waals surface area contributed by atoms with Crippen LogP contribution in [0, 0.1) is 35.5 Å². The molecule has 0 saturated carbocycles. The third-order valence-electron chi connectivity index (χ3n) is 14.8. The van der Waals surface area contributed by atoms with Gasteiger partial charge in [-0.3, -0.25) is 4.79 Å². The fourth-order valence-corrected chi connectivity index (χ4v) is 11.1. The van der Waals surface area contributed by atoms with Crippen molar-refractivity contribution in [3.05, 3.63) is 35.9 Å². The zero-order valence-electron chi connectivity index (χ0n) is 36.2. The minimum atomic E-state index is -1.65. The number of ether oxygens (including phenoxy) is 7. The molecule has 1 amide bonds. The van der Waals surface area contributed by atoms with Crippen LogP contribution in [0.25, 0.3) is 0 Å². The lowest BCUT2D eigenvalue weighted by Gasteiger charge is -2.49. The van der Waals surface area contributed by atoms with E-state index < -0.39 is 65.2 Å². The standard InChI is InChI=1S/C45H71NO12/c1-10-43(18-16-35(55-43)42(8)19-20-44(58-42)24-33(47)29(5)38(56-44)30(6)37(52-9)31(7)40(48)49)39-27(3)23-34(54-39)36-26(2)22-28(4)45(51,57-36)25-53-41(50)46-21-17-32-14-12-11-13-15-32/h11-15,26-31,33-39,47,51H,10,16-25H2,1-9H3,(H,46,50)(H,48,49). The van der Waals surface area contributed by atoms with Crippen LogP contribution in [0.4, 0.5) is 4.79 Å². The molecule has 4 N–H and O–H groups in total. The summed E-state index contributed by atoms with van der Waals surface area (Å²) in [4.78, 5) is 24.5. The zero-order chi connectivity index (χ0) is 42.2. The molecule has 58 heavy (non-hydrogen) atoms. The highest BCUT2D eigenvalue weighted by Gasteiger charge is 2.62. The molecule has 0 aromatic heterocycles. The number of carbonyl (C=O) groups excluding carboxylic acids is 1. The van der Waals surface area contributed by atoms with Crippen LogP contribution in [0.1, 0.15) is 112 Å². The normalized spacial score (nSPS) is 43.2. The summed E-state index contributed by atoms with van der Waals surface area (Å²) in [6.45, 7) is 16.1.